The maximum Gasteiger partial charge on any atom is 0.359 e. The fourth-order valence-corrected chi connectivity index (χ4v) is 2.66. The van der Waals surface area contributed by atoms with Crippen molar-refractivity contribution in [3.05, 3.63) is 69.6 Å². The predicted molar refractivity (Wildman–Crippen MR) is 104 cm³/mol. The number of fused-ring (bicyclic) bond motifs is 1. The van der Waals surface area contributed by atoms with E-state index in [9.17, 15) is 19.2 Å². The maximum absolute atomic E-state index is 12.3. The zero-order valence-corrected chi connectivity index (χ0v) is 15.6. The number of ether oxygens (including phenoxy) is 2. The van der Waals surface area contributed by atoms with Crippen LogP contribution in [-0.4, -0.2) is 41.8 Å². The van der Waals surface area contributed by atoms with Gasteiger partial charge in [-0.15, -0.1) is 0 Å². The van der Waals surface area contributed by atoms with Gasteiger partial charge in [-0.3, -0.25) is 9.59 Å². The van der Waals surface area contributed by atoms with Crippen LogP contribution in [-0.2, 0) is 14.3 Å². The fourth-order valence-electron chi connectivity index (χ4n) is 2.66. The number of rotatable bonds is 5. The molecule has 0 bridgehead atoms. The third-order valence-electron chi connectivity index (χ3n) is 4.16. The zero-order chi connectivity index (χ0) is 21.0. The first kappa shape index (κ1) is 19.7. The molecule has 148 valence electrons. The van der Waals surface area contributed by atoms with Crippen molar-refractivity contribution in [2.24, 2.45) is 0 Å². The van der Waals surface area contributed by atoms with Crippen molar-refractivity contribution in [1.29, 1.82) is 0 Å². The van der Waals surface area contributed by atoms with Crippen LogP contribution >= 0.6 is 0 Å². The number of nitrogens with one attached hydrogen (secondary N) is 2. The Morgan fingerprint density at radius 2 is 1.79 bits per heavy atom. The number of aromatic amines is 1. The lowest BCUT2D eigenvalue weighted by atomic mass is 10.1. The van der Waals surface area contributed by atoms with Crippen LogP contribution in [0.2, 0.25) is 0 Å². The largest absolute Gasteiger partial charge is 0.465 e. The molecule has 1 aromatic heterocycles. The van der Waals surface area contributed by atoms with E-state index < -0.39 is 30.0 Å². The lowest BCUT2D eigenvalue weighted by molar-refractivity contribution is -0.119. The lowest BCUT2D eigenvalue weighted by Gasteiger charge is -2.10. The third-order valence-corrected chi connectivity index (χ3v) is 4.16. The van der Waals surface area contributed by atoms with Crippen molar-refractivity contribution < 1.29 is 23.9 Å². The zero-order valence-electron chi connectivity index (χ0n) is 15.6. The van der Waals surface area contributed by atoms with Crippen LogP contribution in [0.1, 0.15) is 26.4 Å². The van der Waals surface area contributed by atoms with Crippen molar-refractivity contribution in [2.45, 2.75) is 6.92 Å². The van der Waals surface area contributed by atoms with Gasteiger partial charge in [0.1, 0.15) is 0 Å². The number of carbonyl (C=O) groups excluding carboxylic acids is 3. The van der Waals surface area contributed by atoms with Crippen molar-refractivity contribution in [3.63, 3.8) is 0 Å². The number of anilines is 1. The van der Waals surface area contributed by atoms with Gasteiger partial charge in [0.2, 0.25) is 0 Å². The highest BCUT2D eigenvalue weighted by molar-refractivity contribution is 6.03. The van der Waals surface area contributed by atoms with E-state index in [4.69, 9.17) is 4.74 Å². The van der Waals surface area contributed by atoms with E-state index in [1.54, 1.807) is 43.3 Å². The molecule has 29 heavy (non-hydrogen) atoms. The molecule has 0 aliphatic heterocycles. The van der Waals surface area contributed by atoms with Gasteiger partial charge in [0.05, 0.1) is 18.1 Å². The topological polar surface area (TPSA) is 127 Å². The Labute approximate surface area is 164 Å². The Bertz CT molecular complexity index is 1170. The number of methoxy groups -OCH3 is 1. The second kappa shape index (κ2) is 8.34. The first-order valence-electron chi connectivity index (χ1n) is 8.54. The summed E-state index contributed by atoms with van der Waals surface area (Å²) >= 11 is 0. The molecule has 2 aromatic carbocycles. The smallest absolute Gasteiger partial charge is 0.359 e. The highest BCUT2D eigenvalue weighted by Crippen LogP contribution is 2.18. The van der Waals surface area contributed by atoms with Crippen molar-refractivity contribution in [2.75, 3.05) is 19.0 Å². The molecule has 0 aliphatic carbocycles. The van der Waals surface area contributed by atoms with Gasteiger partial charge in [0, 0.05) is 11.1 Å². The van der Waals surface area contributed by atoms with Gasteiger partial charge in [0.15, 0.2) is 12.3 Å². The first-order chi connectivity index (χ1) is 13.9. The van der Waals surface area contributed by atoms with Crippen LogP contribution in [0.5, 0.6) is 0 Å². The summed E-state index contributed by atoms with van der Waals surface area (Å²) in [4.78, 5) is 47.9. The summed E-state index contributed by atoms with van der Waals surface area (Å²) in [5.41, 5.74) is 0.842. The number of nitrogens with zero attached hydrogens (tertiary/aromatic N) is 1. The molecular weight excluding hydrogens is 378 g/mol. The van der Waals surface area contributed by atoms with Crippen LogP contribution in [0.4, 0.5) is 5.69 Å². The maximum atomic E-state index is 12.3. The van der Waals surface area contributed by atoms with Crippen molar-refractivity contribution >= 4 is 34.3 Å². The summed E-state index contributed by atoms with van der Waals surface area (Å²) in [5.74, 6) is -1.99. The highest BCUT2D eigenvalue weighted by Gasteiger charge is 2.17. The molecule has 0 saturated carbocycles. The molecule has 3 aromatic rings. The SMILES string of the molecule is COC(=O)c1ccc(C)c(NC(=O)COC(=O)c2n[nH]c(=O)c3ccccc23)c1. The number of aromatic nitrogens is 2. The number of esters is 2. The van der Waals surface area contributed by atoms with Gasteiger partial charge >= 0.3 is 11.9 Å². The van der Waals surface area contributed by atoms with Crippen LogP contribution in [0, 0.1) is 6.92 Å². The van der Waals surface area contributed by atoms with E-state index >= 15 is 0 Å². The molecule has 0 aliphatic rings. The van der Waals surface area contributed by atoms with Crippen LogP contribution in [0.25, 0.3) is 10.8 Å². The molecule has 0 radical (unpaired) electrons. The van der Waals surface area contributed by atoms with Gasteiger partial charge in [0.25, 0.3) is 11.5 Å². The average molecular weight is 395 g/mol. The van der Waals surface area contributed by atoms with E-state index in [0.29, 0.717) is 16.6 Å². The summed E-state index contributed by atoms with van der Waals surface area (Å²) < 4.78 is 9.68. The highest BCUT2D eigenvalue weighted by atomic mass is 16.5. The monoisotopic (exact) mass is 395 g/mol. The minimum absolute atomic E-state index is 0.100. The number of hydrogen-bond donors (Lipinski definition) is 2. The van der Waals surface area contributed by atoms with Gasteiger partial charge in [-0.1, -0.05) is 24.3 Å². The van der Waals surface area contributed by atoms with E-state index in [1.165, 1.54) is 13.2 Å². The summed E-state index contributed by atoms with van der Waals surface area (Å²) in [7, 11) is 1.26. The number of hydrogen-bond acceptors (Lipinski definition) is 7. The second-order valence-electron chi connectivity index (χ2n) is 6.09. The number of amides is 1. The Hall–Kier alpha value is -4.01. The van der Waals surface area contributed by atoms with Gasteiger partial charge in [-0.25, -0.2) is 14.7 Å². The molecule has 0 atom stereocenters. The van der Waals surface area contributed by atoms with Gasteiger partial charge in [-0.05, 0) is 30.7 Å². The molecular formula is C20H17N3O6. The van der Waals surface area contributed by atoms with E-state index in [2.05, 4.69) is 20.3 Å². The molecule has 1 amide bonds. The molecule has 2 N–H and O–H groups in total. The molecule has 3 rings (SSSR count). The van der Waals surface area contributed by atoms with Gasteiger partial charge in [-0.2, -0.15) is 5.10 Å². The Kier molecular flexibility index (Phi) is 5.68. The van der Waals surface area contributed by atoms with Crippen LogP contribution < -0.4 is 10.9 Å². The number of benzene rings is 2. The fraction of sp³-hybridized carbons (Fsp3) is 0.150. The number of aryl methyl sites for hydroxylation is 1. The van der Waals surface area contributed by atoms with Crippen LogP contribution in [0.15, 0.2) is 47.3 Å². The quantitative estimate of drug-likeness (QED) is 0.631. The Balaban J connectivity index is 1.70. The van der Waals surface area contributed by atoms with E-state index in [1.807, 2.05) is 0 Å². The third kappa shape index (κ3) is 4.29. The second-order valence-corrected chi connectivity index (χ2v) is 6.09. The molecule has 1 heterocycles. The summed E-state index contributed by atoms with van der Waals surface area (Å²) in [6, 6.07) is 11.1. The lowest BCUT2D eigenvalue weighted by Crippen LogP contribution is -2.23. The average Bonchev–Trinajstić information content (AvgIpc) is 2.73. The van der Waals surface area contributed by atoms with Crippen molar-refractivity contribution in [1.82, 2.24) is 10.2 Å². The molecule has 0 spiro atoms. The molecule has 9 nitrogen and oxygen atoms in total. The van der Waals surface area contributed by atoms with Gasteiger partial charge < -0.3 is 14.8 Å². The summed E-state index contributed by atoms with van der Waals surface area (Å²) in [6.07, 6.45) is 0. The van der Waals surface area contributed by atoms with Crippen molar-refractivity contribution in [3.8, 4) is 0 Å². The Morgan fingerprint density at radius 1 is 1.07 bits per heavy atom. The Morgan fingerprint density at radius 3 is 2.52 bits per heavy atom. The first-order valence-corrected chi connectivity index (χ1v) is 8.54. The number of carbonyl (C=O) groups is 3. The minimum Gasteiger partial charge on any atom is -0.465 e. The normalized spacial score (nSPS) is 10.4. The van der Waals surface area contributed by atoms with E-state index in [-0.39, 0.29) is 16.6 Å². The number of H-pyrrole nitrogens is 1. The predicted octanol–water partition coefficient (Wildman–Crippen LogP) is 1.81. The standard InChI is InChI=1S/C20H17N3O6/c1-11-7-8-12(19(26)28-2)9-15(11)21-16(24)10-29-20(27)17-13-5-3-4-6-14(13)18(25)23-22-17/h3-9H,10H2,1-2H3,(H,21,24)(H,23,25). The minimum atomic E-state index is -0.854. The molecule has 0 unspecified atom stereocenters. The van der Waals surface area contributed by atoms with E-state index in [0.717, 1.165) is 0 Å². The summed E-state index contributed by atoms with van der Waals surface area (Å²) in [5, 5.41) is 9.15. The molecule has 0 saturated heterocycles. The summed E-state index contributed by atoms with van der Waals surface area (Å²) in [6.45, 7) is 1.18. The van der Waals surface area contributed by atoms with Crippen LogP contribution in [0.3, 0.4) is 0 Å². The molecule has 0 fully saturated rings. The molecule has 9 heteroatoms.